The van der Waals surface area contributed by atoms with Crippen molar-refractivity contribution in [1.29, 1.82) is 0 Å². The van der Waals surface area contributed by atoms with E-state index in [1.54, 1.807) is 6.92 Å². The Labute approximate surface area is 228 Å². The van der Waals surface area contributed by atoms with E-state index in [-0.39, 0.29) is 34.4 Å². The van der Waals surface area contributed by atoms with Gasteiger partial charge in [-0.15, -0.1) is 11.6 Å². The standard InChI is InChI=1S/C27H28ClNO10/c1-10-22(31)13(29)6-17(38-10)39-15-8-27(36,16(30)9-28)7-12-19(15)26(35)21-20(24(12)33)23(32)11-4-3-5-14(37-2)18(11)25(21)34/h3-5,10,13,15,17,22,31,33,35-36H,6-9,29H2,1-2H3/t10-,13?,15-,17-,22+,27-/m0/s1. The first-order valence-corrected chi connectivity index (χ1v) is 12.9. The summed E-state index contributed by atoms with van der Waals surface area (Å²) in [5.74, 6) is -3.99. The fraction of sp³-hybridized carbons (Fsp3) is 0.444. The van der Waals surface area contributed by atoms with Crippen molar-refractivity contribution in [3.63, 3.8) is 0 Å². The Balaban J connectivity index is 1.69. The number of halogens is 1. The van der Waals surface area contributed by atoms with Gasteiger partial charge in [-0.25, -0.2) is 0 Å². The van der Waals surface area contributed by atoms with Gasteiger partial charge < -0.3 is 40.4 Å². The van der Waals surface area contributed by atoms with Gasteiger partial charge in [-0.05, 0) is 13.0 Å². The number of phenols is 2. The summed E-state index contributed by atoms with van der Waals surface area (Å²) in [5.41, 5.74) is 2.69. The molecular weight excluding hydrogens is 534 g/mol. The van der Waals surface area contributed by atoms with Crippen molar-refractivity contribution in [1.82, 2.24) is 0 Å². The van der Waals surface area contributed by atoms with Crippen molar-refractivity contribution >= 4 is 29.0 Å². The van der Waals surface area contributed by atoms with Crippen LogP contribution in [0.5, 0.6) is 17.2 Å². The van der Waals surface area contributed by atoms with Crippen molar-refractivity contribution in [2.24, 2.45) is 5.73 Å². The van der Waals surface area contributed by atoms with Gasteiger partial charge in [-0.3, -0.25) is 14.4 Å². The molecule has 1 aliphatic heterocycles. The molecule has 1 fully saturated rings. The third-order valence-corrected chi connectivity index (χ3v) is 8.03. The number of Topliss-reactive ketones (excluding diaryl/α,β-unsaturated/α-hetero) is 1. The molecule has 12 heteroatoms. The SMILES string of the molecule is COc1cccc2c1C(=O)c1c(O)c3c(c(O)c1C2=O)C[C@@](O)(C(=O)CCl)C[C@@H]3O[C@H]1CC(N)[C@H](O)[C@H](C)O1. The highest BCUT2D eigenvalue weighted by molar-refractivity contribution is 6.31. The number of hydrogen-bond donors (Lipinski definition) is 5. The monoisotopic (exact) mass is 561 g/mol. The summed E-state index contributed by atoms with van der Waals surface area (Å²) in [6.07, 6.45) is -4.83. The van der Waals surface area contributed by atoms with E-state index in [9.17, 15) is 34.8 Å². The average molecular weight is 562 g/mol. The van der Waals surface area contributed by atoms with E-state index in [4.69, 9.17) is 31.5 Å². The molecule has 11 nitrogen and oxygen atoms in total. The van der Waals surface area contributed by atoms with Gasteiger partial charge in [-0.1, -0.05) is 12.1 Å². The molecule has 5 rings (SSSR count). The van der Waals surface area contributed by atoms with Gasteiger partial charge >= 0.3 is 0 Å². The van der Waals surface area contributed by atoms with Crippen molar-refractivity contribution in [2.45, 2.75) is 62.4 Å². The largest absolute Gasteiger partial charge is 0.507 e. The van der Waals surface area contributed by atoms with E-state index in [1.165, 1.54) is 25.3 Å². The van der Waals surface area contributed by atoms with Crippen LogP contribution in [-0.2, 0) is 20.7 Å². The van der Waals surface area contributed by atoms with Gasteiger partial charge in [0.15, 0.2) is 17.9 Å². The maximum atomic E-state index is 13.7. The number of phenolic OH excluding ortho intramolecular Hbond substituents is 2. The minimum atomic E-state index is -2.12. The van der Waals surface area contributed by atoms with Crippen LogP contribution in [0.2, 0.25) is 0 Å². The van der Waals surface area contributed by atoms with Crippen molar-refractivity contribution < 1.29 is 49.0 Å². The third kappa shape index (κ3) is 4.21. The first-order chi connectivity index (χ1) is 18.4. The molecule has 0 bridgehead atoms. The molecule has 39 heavy (non-hydrogen) atoms. The Hall–Kier alpha value is -3.06. The minimum absolute atomic E-state index is 0.0330. The summed E-state index contributed by atoms with van der Waals surface area (Å²) in [5, 5.41) is 44.3. The topological polar surface area (TPSA) is 186 Å². The molecule has 2 aromatic rings. The molecule has 0 aromatic heterocycles. The fourth-order valence-corrected chi connectivity index (χ4v) is 5.98. The van der Waals surface area contributed by atoms with Gasteiger partial charge in [0.05, 0.1) is 48.0 Å². The Bertz CT molecular complexity index is 1380. The van der Waals surface area contributed by atoms with E-state index >= 15 is 0 Å². The molecule has 0 spiro atoms. The number of carbonyl (C=O) groups excluding carboxylic acids is 3. The van der Waals surface area contributed by atoms with E-state index in [0.717, 1.165) is 0 Å². The van der Waals surface area contributed by atoms with E-state index in [0.29, 0.717) is 0 Å². The summed E-state index contributed by atoms with van der Waals surface area (Å²) < 4.78 is 17.1. The number of methoxy groups -OCH3 is 1. The maximum Gasteiger partial charge on any atom is 0.202 e. The molecule has 6 N–H and O–H groups in total. The lowest BCUT2D eigenvalue weighted by Gasteiger charge is -2.42. The van der Waals surface area contributed by atoms with Gasteiger partial charge in [0.25, 0.3) is 0 Å². The molecule has 2 aromatic carbocycles. The highest BCUT2D eigenvalue weighted by Crippen LogP contribution is 2.52. The number of ether oxygens (including phenoxy) is 3. The van der Waals surface area contributed by atoms with Gasteiger partial charge in [0, 0.05) is 42.0 Å². The van der Waals surface area contributed by atoms with Crippen LogP contribution in [0.3, 0.4) is 0 Å². The predicted molar refractivity (Wildman–Crippen MR) is 135 cm³/mol. The quantitative estimate of drug-likeness (QED) is 0.223. The number of nitrogens with two attached hydrogens (primary N) is 1. The lowest BCUT2D eigenvalue weighted by atomic mass is 9.72. The Morgan fingerprint density at radius 2 is 1.87 bits per heavy atom. The van der Waals surface area contributed by atoms with Crippen LogP contribution in [0.1, 0.15) is 68.8 Å². The zero-order chi connectivity index (χ0) is 28.4. The molecule has 2 aliphatic carbocycles. The van der Waals surface area contributed by atoms with Crippen LogP contribution in [-0.4, -0.2) is 80.9 Å². The Kier molecular flexibility index (Phi) is 6.94. The maximum absolute atomic E-state index is 13.7. The molecule has 0 radical (unpaired) electrons. The Morgan fingerprint density at radius 1 is 1.18 bits per heavy atom. The van der Waals surface area contributed by atoms with Crippen molar-refractivity contribution in [3.8, 4) is 17.2 Å². The van der Waals surface area contributed by atoms with Gasteiger partial charge in [0.2, 0.25) is 5.78 Å². The van der Waals surface area contributed by atoms with E-state index in [2.05, 4.69) is 0 Å². The molecule has 208 valence electrons. The van der Waals surface area contributed by atoms with E-state index in [1.807, 2.05) is 0 Å². The fourth-order valence-electron chi connectivity index (χ4n) is 5.73. The predicted octanol–water partition coefficient (Wildman–Crippen LogP) is 1.25. The van der Waals surface area contributed by atoms with Crippen LogP contribution in [0.15, 0.2) is 18.2 Å². The summed E-state index contributed by atoms with van der Waals surface area (Å²) in [4.78, 5) is 39.9. The van der Waals surface area contributed by atoms with E-state index < -0.39 is 94.9 Å². The number of fused-ring (bicyclic) bond motifs is 3. The summed E-state index contributed by atoms with van der Waals surface area (Å²) in [6.45, 7) is 1.59. The second-order valence-electron chi connectivity index (χ2n) is 10.1. The average Bonchev–Trinajstić information content (AvgIpc) is 2.90. The normalized spacial score (nSPS) is 29.8. The zero-order valence-electron chi connectivity index (χ0n) is 21.1. The number of ketones is 3. The number of rotatable bonds is 5. The van der Waals surface area contributed by atoms with Crippen LogP contribution in [0.25, 0.3) is 0 Å². The van der Waals surface area contributed by atoms with Gasteiger partial charge in [0.1, 0.15) is 22.8 Å². The summed E-state index contributed by atoms with van der Waals surface area (Å²) >= 11 is 5.77. The number of benzene rings is 2. The molecule has 1 saturated heterocycles. The second-order valence-corrected chi connectivity index (χ2v) is 10.4. The minimum Gasteiger partial charge on any atom is -0.507 e. The van der Waals surface area contributed by atoms with Crippen LogP contribution in [0, 0.1) is 0 Å². The van der Waals surface area contributed by atoms with Crippen molar-refractivity contribution in [2.75, 3.05) is 13.0 Å². The first-order valence-electron chi connectivity index (χ1n) is 12.4. The number of aliphatic hydroxyl groups excluding tert-OH is 1. The number of hydrogen-bond acceptors (Lipinski definition) is 11. The lowest BCUT2D eigenvalue weighted by molar-refractivity contribution is -0.247. The zero-order valence-corrected chi connectivity index (χ0v) is 21.9. The number of alkyl halides is 1. The van der Waals surface area contributed by atoms with Gasteiger partial charge in [-0.2, -0.15) is 0 Å². The molecule has 3 aliphatic rings. The smallest absolute Gasteiger partial charge is 0.202 e. The molecular formula is C27H28ClNO10. The Morgan fingerprint density at radius 3 is 2.51 bits per heavy atom. The summed E-state index contributed by atoms with van der Waals surface area (Å²) in [7, 11) is 1.33. The second kappa shape index (κ2) is 9.84. The van der Waals surface area contributed by atoms with Crippen LogP contribution >= 0.6 is 11.6 Å². The first kappa shape index (κ1) is 27.5. The molecule has 0 saturated carbocycles. The highest BCUT2D eigenvalue weighted by atomic mass is 35.5. The highest BCUT2D eigenvalue weighted by Gasteiger charge is 2.50. The van der Waals surface area contributed by atoms with Crippen LogP contribution in [0.4, 0.5) is 0 Å². The molecule has 1 unspecified atom stereocenters. The third-order valence-electron chi connectivity index (χ3n) is 7.78. The number of carbonyl (C=O) groups is 3. The lowest BCUT2D eigenvalue weighted by Crippen LogP contribution is -2.52. The number of aliphatic hydroxyl groups is 2. The number of aromatic hydroxyl groups is 2. The molecule has 1 heterocycles. The molecule has 0 amide bonds. The van der Waals surface area contributed by atoms with Crippen molar-refractivity contribution in [3.05, 3.63) is 51.6 Å². The molecule has 6 atom stereocenters. The van der Waals surface area contributed by atoms with Crippen LogP contribution < -0.4 is 10.5 Å². The summed E-state index contributed by atoms with van der Waals surface area (Å²) in [6, 6.07) is 3.69.